The summed E-state index contributed by atoms with van der Waals surface area (Å²) in [6, 6.07) is 13.7. The molecule has 0 saturated carbocycles. The average molecular weight is 452 g/mol. The van der Waals surface area contributed by atoms with Crippen LogP contribution in [0.4, 0.5) is 0 Å². The summed E-state index contributed by atoms with van der Waals surface area (Å²) in [4.78, 5) is 0. The highest BCUT2D eigenvalue weighted by atomic mass is 35.5. The molecule has 1 heterocycles. The van der Waals surface area contributed by atoms with Crippen molar-refractivity contribution < 1.29 is 14.2 Å². The topological polar surface area (TPSA) is 83.3 Å². The van der Waals surface area contributed by atoms with Gasteiger partial charge in [0.1, 0.15) is 5.75 Å². The second-order valence-corrected chi connectivity index (χ2v) is 7.17. The summed E-state index contributed by atoms with van der Waals surface area (Å²) >= 11 is 1.64. The third-order valence-electron chi connectivity index (χ3n) is 4.27. The minimum atomic E-state index is 0. The summed E-state index contributed by atoms with van der Waals surface area (Å²) in [6.45, 7) is 1.54. The number of thioether (sulfide) groups is 1. The second-order valence-electron chi connectivity index (χ2n) is 6.11. The van der Waals surface area contributed by atoms with E-state index >= 15 is 0 Å². The van der Waals surface area contributed by atoms with E-state index in [9.17, 15) is 0 Å². The fourth-order valence-corrected chi connectivity index (χ4v) is 3.64. The van der Waals surface area contributed by atoms with E-state index in [1.54, 1.807) is 37.8 Å². The minimum Gasteiger partial charge on any atom is -0.496 e. The number of tetrazole rings is 1. The molecule has 3 rings (SSSR count). The van der Waals surface area contributed by atoms with Crippen LogP contribution in [-0.2, 0) is 6.54 Å². The molecule has 1 N–H and O–H groups in total. The Morgan fingerprint density at radius 2 is 1.67 bits per heavy atom. The van der Waals surface area contributed by atoms with Crippen molar-refractivity contribution in [3.63, 3.8) is 0 Å². The van der Waals surface area contributed by atoms with Crippen LogP contribution in [-0.4, -0.2) is 53.8 Å². The lowest BCUT2D eigenvalue weighted by Gasteiger charge is -2.14. The lowest BCUT2D eigenvalue weighted by atomic mass is 10.1. The molecule has 0 atom stereocenters. The first-order valence-electron chi connectivity index (χ1n) is 9.23. The van der Waals surface area contributed by atoms with E-state index in [0.717, 1.165) is 40.9 Å². The molecule has 0 aliphatic carbocycles. The molecule has 0 fully saturated rings. The maximum atomic E-state index is 5.47. The van der Waals surface area contributed by atoms with Crippen LogP contribution in [0.1, 0.15) is 12.0 Å². The monoisotopic (exact) mass is 451 g/mol. The van der Waals surface area contributed by atoms with Gasteiger partial charge in [-0.2, -0.15) is 4.68 Å². The number of methoxy groups -OCH3 is 3. The van der Waals surface area contributed by atoms with E-state index in [1.165, 1.54) is 0 Å². The van der Waals surface area contributed by atoms with Gasteiger partial charge in [0.15, 0.2) is 11.5 Å². The van der Waals surface area contributed by atoms with Crippen LogP contribution >= 0.6 is 24.2 Å². The highest BCUT2D eigenvalue weighted by Crippen LogP contribution is 2.34. The van der Waals surface area contributed by atoms with Crippen molar-refractivity contribution in [3.8, 4) is 22.9 Å². The zero-order valence-corrected chi connectivity index (χ0v) is 18.8. The molecule has 30 heavy (non-hydrogen) atoms. The van der Waals surface area contributed by atoms with Crippen LogP contribution in [0.5, 0.6) is 17.2 Å². The van der Waals surface area contributed by atoms with Gasteiger partial charge in [-0.1, -0.05) is 30.0 Å². The number of hydrogen-bond acceptors (Lipinski definition) is 8. The summed E-state index contributed by atoms with van der Waals surface area (Å²) in [5.74, 6) is 3.02. The van der Waals surface area contributed by atoms with E-state index in [2.05, 4.69) is 20.8 Å². The van der Waals surface area contributed by atoms with E-state index < -0.39 is 0 Å². The summed E-state index contributed by atoms with van der Waals surface area (Å²) in [5, 5.41) is 16.2. The van der Waals surface area contributed by atoms with Crippen LogP contribution in [0, 0.1) is 0 Å². The molecule has 0 saturated heterocycles. The SMILES string of the molecule is COc1cc(OC)c(OC)cc1CNCCCSc1nnnn1-c1ccccc1.Cl. The Morgan fingerprint density at radius 3 is 2.37 bits per heavy atom. The predicted molar refractivity (Wildman–Crippen MR) is 120 cm³/mol. The largest absolute Gasteiger partial charge is 0.496 e. The Bertz CT molecular complexity index is 911. The van der Waals surface area contributed by atoms with Crippen molar-refractivity contribution in [3.05, 3.63) is 48.0 Å². The Labute approximate surface area is 186 Å². The summed E-state index contributed by atoms with van der Waals surface area (Å²) in [7, 11) is 4.89. The smallest absolute Gasteiger partial charge is 0.214 e. The quantitative estimate of drug-likeness (QED) is 0.351. The first-order valence-corrected chi connectivity index (χ1v) is 10.2. The zero-order valence-electron chi connectivity index (χ0n) is 17.2. The van der Waals surface area contributed by atoms with Gasteiger partial charge < -0.3 is 19.5 Å². The van der Waals surface area contributed by atoms with Crippen molar-refractivity contribution in [1.82, 2.24) is 25.5 Å². The number of hydrogen-bond donors (Lipinski definition) is 1. The van der Waals surface area contributed by atoms with Gasteiger partial charge in [0, 0.05) is 23.9 Å². The average Bonchev–Trinajstić information content (AvgIpc) is 3.24. The fourth-order valence-electron chi connectivity index (χ4n) is 2.81. The molecular weight excluding hydrogens is 426 g/mol. The Balaban J connectivity index is 0.00000320. The number of aromatic nitrogens is 4. The molecule has 8 nitrogen and oxygen atoms in total. The molecule has 0 unspecified atom stereocenters. The molecule has 2 aromatic carbocycles. The molecule has 0 aliphatic heterocycles. The highest BCUT2D eigenvalue weighted by Gasteiger charge is 2.12. The van der Waals surface area contributed by atoms with Gasteiger partial charge in [-0.05, 0) is 41.6 Å². The highest BCUT2D eigenvalue weighted by molar-refractivity contribution is 7.99. The minimum absolute atomic E-state index is 0. The number of halogens is 1. The normalized spacial score (nSPS) is 10.4. The zero-order chi connectivity index (χ0) is 20.5. The van der Waals surface area contributed by atoms with Crippen molar-refractivity contribution in [2.45, 2.75) is 18.1 Å². The van der Waals surface area contributed by atoms with Gasteiger partial charge in [-0.3, -0.25) is 0 Å². The van der Waals surface area contributed by atoms with Crippen LogP contribution in [0.15, 0.2) is 47.6 Å². The molecule has 162 valence electrons. The Morgan fingerprint density at radius 1 is 0.967 bits per heavy atom. The fraction of sp³-hybridized carbons (Fsp3) is 0.350. The molecule has 0 bridgehead atoms. The van der Waals surface area contributed by atoms with Crippen LogP contribution in [0.3, 0.4) is 0 Å². The number of rotatable bonds is 11. The maximum Gasteiger partial charge on any atom is 0.214 e. The van der Waals surface area contributed by atoms with Crippen molar-refractivity contribution in [2.75, 3.05) is 33.6 Å². The lowest BCUT2D eigenvalue weighted by Crippen LogP contribution is -2.16. The van der Waals surface area contributed by atoms with E-state index in [1.807, 2.05) is 42.5 Å². The first-order chi connectivity index (χ1) is 14.3. The van der Waals surface area contributed by atoms with Gasteiger partial charge in [-0.25, -0.2) is 0 Å². The van der Waals surface area contributed by atoms with Gasteiger partial charge in [0.25, 0.3) is 0 Å². The van der Waals surface area contributed by atoms with Crippen molar-refractivity contribution in [2.24, 2.45) is 0 Å². The van der Waals surface area contributed by atoms with Crippen LogP contribution in [0.2, 0.25) is 0 Å². The molecule has 1 aromatic heterocycles. The Hall–Kier alpha value is -2.49. The molecule has 0 spiro atoms. The van der Waals surface area contributed by atoms with Gasteiger partial charge in [0.05, 0.1) is 27.0 Å². The standard InChI is InChI=1S/C20H25N5O3S.ClH/c1-26-17-13-19(28-3)18(27-2)12-15(17)14-21-10-7-11-29-20-22-23-24-25(20)16-8-5-4-6-9-16;/h4-6,8-9,12-13,21H,7,10-11,14H2,1-3H3;1H. The second kappa shape index (κ2) is 12.3. The number of para-hydroxylation sites is 1. The van der Waals surface area contributed by atoms with Crippen LogP contribution < -0.4 is 19.5 Å². The predicted octanol–water partition coefficient (Wildman–Crippen LogP) is 3.38. The number of benzene rings is 2. The van der Waals surface area contributed by atoms with Crippen molar-refractivity contribution in [1.29, 1.82) is 0 Å². The van der Waals surface area contributed by atoms with Crippen LogP contribution in [0.25, 0.3) is 5.69 Å². The van der Waals surface area contributed by atoms with Gasteiger partial charge >= 0.3 is 0 Å². The summed E-state index contributed by atoms with van der Waals surface area (Å²) in [5.41, 5.74) is 1.98. The number of nitrogens with one attached hydrogen (secondary N) is 1. The third-order valence-corrected chi connectivity index (χ3v) is 5.28. The third kappa shape index (κ3) is 6.01. The van der Waals surface area contributed by atoms with E-state index in [4.69, 9.17) is 14.2 Å². The number of ether oxygens (including phenoxy) is 3. The van der Waals surface area contributed by atoms with Crippen molar-refractivity contribution >= 4 is 24.2 Å². The summed E-state index contributed by atoms with van der Waals surface area (Å²) < 4.78 is 17.9. The van der Waals surface area contributed by atoms with E-state index in [-0.39, 0.29) is 12.4 Å². The molecule has 3 aromatic rings. The Kier molecular flexibility index (Phi) is 9.72. The van der Waals surface area contributed by atoms with E-state index in [0.29, 0.717) is 18.0 Å². The lowest BCUT2D eigenvalue weighted by molar-refractivity contribution is 0.347. The van der Waals surface area contributed by atoms with Gasteiger partial charge in [-0.15, -0.1) is 17.5 Å². The first kappa shape index (κ1) is 23.8. The molecule has 0 aliphatic rings. The maximum absolute atomic E-state index is 5.47. The molecule has 0 amide bonds. The molecule has 10 heteroatoms. The van der Waals surface area contributed by atoms with Gasteiger partial charge in [0.2, 0.25) is 5.16 Å². The number of nitrogens with zero attached hydrogens (tertiary/aromatic N) is 4. The molecule has 0 radical (unpaired) electrons. The molecular formula is C20H26ClN5O3S. The summed E-state index contributed by atoms with van der Waals surface area (Å²) in [6.07, 6.45) is 0.974.